The molecular formula is C14H20N2O2. The lowest BCUT2D eigenvalue weighted by Gasteiger charge is -2.37. The van der Waals surface area contributed by atoms with E-state index >= 15 is 0 Å². The van der Waals surface area contributed by atoms with Crippen molar-refractivity contribution in [2.45, 2.75) is 12.5 Å². The first-order valence-corrected chi connectivity index (χ1v) is 6.31. The van der Waals surface area contributed by atoms with Gasteiger partial charge in [-0.25, -0.2) is 0 Å². The molecule has 98 valence electrons. The standard InChI is InChI=1S/C14H20N2O2/c1-14(18,13-5-3-2-4-6-13)11-15-7-9-16(12-17)10-8-15/h2-6,12,18H,7-11H2,1H3. The van der Waals surface area contributed by atoms with E-state index in [4.69, 9.17) is 0 Å². The summed E-state index contributed by atoms with van der Waals surface area (Å²) in [5.41, 5.74) is 0.0905. The zero-order valence-electron chi connectivity index (χ0n) is 10.7. The minimum atomic E-state index is -0.843. The zero-order valence-corrected chi connectivity index (χ0v) is 10.7. The van der Waals surface area contributed by atoms with Gasteiger partial charge in [0.15, 0.2) is 0 Å². The average molecular weight is 248 g/mol. The third-order valence-electron chi connectivity index (χ3n) is 3.48. The van der Waals surface area contributed by atoms with Crippen molar-refractivity contribution in [3.8, 4) is 0 Å². The van der Waals surface area contributed by atoms with E-state index in [0.717, 1.165) is 38.2 Å². The Balaban J connectivity index is 1.95. The van der Waals surface area contributed by atoms with Gasteiger partial charge in [-0.1, -0.05) is 30.3 Å². The van der Waals surface area contributed by atoms with Crippen molar-refractivity contribution in [2.75, 3.05) is 32.7 Å². The van der Waals surface area contributed by atoms with Gasteiger partial charge in [0, 0.05) is 32.7 Å². The van der Waals surface area contributed by atoms with Gasteiger partial charge in [0.1, 0.15) is 0 Å². The molecule has 0 saturated carbocycles. The van der Waals surface area contributed by atoms with Crippen LogP contribution in [0.15, 0.2) is 30.3 Å². The number of carbonyl (C=O) groups is 1. The number of piperazine rings is 1. The molecule has 0 aliphatic carbocycles. The Morgan fingerprint density at radius 2 is 1.83 bits per heavy atom. The van der Waals surface area contributed by atoms with E-state index in [1.54, 1.807) is 4.90 Å². The summed E-state index contributed by atoms with van der Waals surface area (Å²) in [6, 6.07) is 9.72. The summed E-state index contributed by atoms with van der Waals surface area (Å²) < 4.78 is 0. The SMILES string of the molecule is CC(O)(CN1CCN(C=O)CC1)c1ccccc1. The van der Waals surface area contributed by atoms with Crippen molar-refractivity contribution in [1.29, 1.82) is 0 Å². The van der Waals surface area contributed by atoms with Gasteiger partial charge in [-0.15, -0.1) is 0 Å². The molecule has 0 radical (unpaired) electrons. The molecule has 0 aromatic heterocycles. The molecule has 1 saturated heterocycles. The number of hydrogen-bond donors (Lipinski definition) is 1. The molecule has 1 aromatic rings. The van der Waals surface area contributed by atoms with Crippen LogP contribution in [0.2, 0.25) is 0 Å². The molecule has 1 N–H and O–H groups in total. The monoisotopic (exact) mass is 248 g/mol. The highest BCUT2D eigenvalue weighted by Crippen LogP contribution is 2.21. The van der Waals surface area contributed by atoms with Crippen LogP contribution in [-0.4, -0.2) is 54.0 Å². The summed E-state index contributed by atoms with van der Waals surface area (Å²) in [7, 11) is 0. The second-order valence-corrected chi connectivity index (χ2v) is 5.06. The lowest BCUT2D eigenvalue weighted by molar-refractivity contribution is -0.120. The summed E-state index contributed by atoms with van der Waals surface area (Å²) in [6.45, 7) is 5.57. The van der Waals surface area contributed by atoms with E-state index < -0.39 is 5.60 Å². The normalized spacial score (nSPS) is 20.4. The lowest BCUT2D eigenvalue weighted by Crippen LogP contribution is -2.49. The highest BCUT2D eigenvalue weighted by atomic mass is 16.3. The second-order valence-electron chi connectivity index (χ2n) is 5.06. The number of nitrogens with zero attached hydrogens (tertiary/aromatic N) is 2. The van der Waals surface area contributed by atoms with Crippen molar-refractivity contribution >= 4 is 6.41 Å². The van der Waals surface area contributed by atoms with Gasteiger partial charge in [-0.05, 0) is 12.5 Å². The third kappa shape index (κ3) is 3.09. The van der Waals surface area contributed by atoms with E-state index in [-0.39, 0.29) is 0 Å². The van der Waals surface area contributed by atoms with Gasteiger partial charge in [-0.2, -0.15) is 0 Å². The predicted molar refractivity (Wildman–Crippen MR) is 70.1 cm³/mol. The van der Waals surface area contributed by atoms with Crippen molar-refractivity contribution in [3.05, 3.63) is 35.9 Å². The van der Waals surface area contributed by atoms with Gasteiger partial charge in [-0.3, -0.25) is 9.69 Å². The van der Waals surface area contributed by atoms with Crippen LogP contribution in [0, 0.1) is 0 Å². The second kappa shape index (κ2) is 5.50. The van der Waals surface area contributed by atoms with Crippen LogP contribution in [0.25, 0.3) is 0 Å². The number of aliphatic hydroxyl groups is 1. The number of carbonyl (C=O) groups excluding carboxylic acids is 1. The van der Waals surface area contributed by atoms with Crippen LogP contribution in [0.5, 0.6) is 0 Å². The molecular weight excluding hydrogens is 228 g/mol. The summed E-state index contributed by atoms with van der Waals surface area (Å²) >= 11 is 0. The fourth-order valence-electron chi connectivity index (χ4n) is 2.35. The van der Waals surface area contributed by atoms with Gasteiger partial charge in [0.25, 0.3) is 0 Å². The van der Waals surface area contributed by atoms with Crippen molar-refractivity contribution < 1.29 is 9.90 Å². The first-order chi connectivity index (χ1) is 8.62. The van der Waals surface area contributed by atoms with E-state index in [2.05, 4.69) is 4.90 Å². The summed E-state index contributed by atoms with van der Waals surface area (Å²) in [5.74, 6) is 0. The Hall–Kier alpha value is -1.39. The van der Waals surface area contributed by atoms with E-state index in [0.29, 0.717) is 6.54 Å². The molecule has 1 amide bonds. The molecule has 4 nitrogen and oxygen atoms in total. The Labute approximate surface area is 108 Å². The predicted octanol–water partition coefficient (Wildman–Crippen LogP) is 0.668. The van der Waals surface area contributed by atoms with Gasteiger partial charge >= 0.3 is 0 Å². The molecule has 1 atom stereocenters. The van der Waals surface area contributed by atoms with Crippen LogP contribution in [0.1, 0.15) is 12.5 Å². The van der Waals surface area contributed by atoms with E-state index in [9.17, 15) is 9.90 Å². The van der Waals surface area contributed by atoms with Crippen LogP contribution in [0.3, 0.4) is 0 Å². The van der Waals surface area contributed by atoms with Gasteiger partial charge in [0.2, 0.25) is 6.41 Å². The van der Waals surface area contributed by atoms with Crippen LogP contribution in [0.4, 0.5) is 0 Å². The minimum absolute atomic E-state index is 0.601. The van der Waals surface area contributed by atoms with Crippen molar-refractivity contribution in [1.82, 2.24) is 9.80 Å². The fourth-order valence-corrected chi connectivity index (χ4v) is 2.35. The Morgan fingerprint density at radius 1 is 1.22 bits per heavy atom. The molecule has 0 spiro atoms. The molecule has 1 unspecified atom stereocenters. The van der Waals surface area contributed by atoms with Crippen molar-refractivity contribution in [3.63, 3.8) is 0 Å². The number of hydrogen-bond acceptors (Lipinski definition) is 3. The molecule has 1 heterocycles. The molecule has 2 rings (SSSR count). The Kier molecular flexibility index (Phi) is 3.99. The fraction of sp³-hybridized carbons (Fsp3) is 0.500. The highest BCUT2D eigenvalue weighted by Gasteiger charge is 2.27. The smallest absolute Gasteiger partial charge is 0.209 e. The number of rotatable bonds is 4. The van der Waals surface area contributed by atoms with Crippen LogP contribution < -0.4 is 0 Å². The lowest BCUT2D eigenvalue weighted by atomic mass is 9.95. The number of benzene rings is 1. The third-order valence-corrected chi connectivity index (χ3v) is 3.48. The Bertz CT molecular complexity index is 384. The maximum atomic E-state index is 10.6. The van der Waals surface area contributed by atoms with E-state index in [1.165, 1.54) is 0 Å². The average Bonchev–Trinajstić information content (AvgIpc) is 2.40. The molecule has 1 fully saturated rings. The molecule has 1 aromatic carbocycles. The van der Waals surface area contributed by atoms with Crippen LogP contribution in [-0.2, 0) is 10.4 Å². The maximum absolute atomic E-state index is 10.6. The topological polar surface area (TPSA) is 43.8 Å². The maximum Gasteiger partial charge on any atom is 0.209 e. The van der Waals surface area contributed by atoms with E-state index in [1.807, 2.05) is 37.3 Å². The summed E-state index contributed by atoms with van der Waals surface area (Å²) in [6.07, 6.45) is 0.896. The minimum Gasteiger partial charge on any atom is -0.384 e. The number of amides is 1. The van der Waals surface area contributed by atoms with Crippen LogP contribution >= 0.6 is 0 Å². The quantitative estimate of drug-likeness (QED) is 0.796. The van der Waals surface area contributed by atoms with Gasteiger partial charge < -0.3 is 10.0 Å². The summed E-state index contributed by atoms with van der Waals surface area (Å²) in [5, 5.41) is 10.5. The molecule has 4 heteroatoms. The molecule has 1 aliphatic rings. The first-order valence-electron chi connectivity index (χ1n) is 6.31. The molecule has 18 heavy (non-hydrogen) atoms. The molecule has 1 aliphatic heterocycles. The molecule has 0 bridgehead atoms. The highest BCUT2D eigenvalue weighted by molar-refractivity contribution is 5.47. The Morgan fingerprint density at radius 3 is 2.39 bits per heavy atom. The van der Waals surface area contributed by atoms with Crippen molar-refractivity contribution in [2.24, 2.45) is 0 Å². The zero-order chi connectivity index (χ0) is 13.0. The number of β-amino-alcohol motifs (C(OH)–C–C–N with tert-alkyl or cyclic N) is 1. The first kappa shape index (κ1) is 13.1. The largest absolute Gasteiger partial charge is 0.384 e. The van der Waals surface area contributed by atoms with Gasteiger partial charge in [0.05, 0.1) is 5.60 Å². The summed E-state index contributed by atoms with van der Waals surface area (Å²) in [4.78, 5) is 14.6.